The lowest BCUT2D eigenvalue weighted by Crippen LogP contribution is -2.17. The van der Waals surface area contributed by atoms with E-state index in [1.54, 1.807) is 11.3 Å². The molecule has 0 saturated carbocycles. The minimum absolute atomic E-state index is 0.196. The highest BCUT2D eigenvalue weighted by Crippen LogP contribution is 2.26. The van der Waals surface area contributed by atoms with Crippen molar-refractivity contribution in [3.8, 4) is 5.75 Å². The molecule has 1 aromatic heterocycles. The highest BCUT2D eigenvalue weighted by Gasteiger charge is 2.30. The summed E-state index contributed by atoms with van der Waals surface area (Å²) in [5.41, 5.74) is 1.41. The van der Waals surface area contributed by atoms with E-state index < -0.39 is 12.5 Å². The zero-order chi connectivity index (χ0) is 18.6. The number of carbonyl (C=O) groups excluding carboxylic acids is 1. The topological polar surface area (TPSA) is 47.6 Å². The molecule has 3 aromatic rings. The summed E-state index contributed by atoms with van der Waals surface area (Å²) in [7, 11) is 0. The molecule has 1 amide bonds. The van der Waals surface area contributed by atoms with Crippen LogP contribution in [0.3, 0.4) is 0 Å². The molecule has 0 unspecified atom stereocenters. The van der Waals surface area contributed by atoms with Gasteiger partial charge in [0.2, 0.25) is 0 Å². The average Bonchev–Trinajstić information content (AvgIpc) is 2.99. The standard InChI is InChI=1S/C18H14F3NO3S/c19-18(20,21)25-14-7-5-13(6-8-14)22-17(23)24-10-9-12-11-26-16-4-2-1-3-15(12)16/h1-8,11H,9-10H2,(H,22,23). The van der Waals surface area contributed by atoms with Gasteiger partial charge in [0.25, 0.3) is 0 Å². The molecule has 0 radical (unpaired) electrons. The van der Waals surface area contributed by atoms with Gasteiger partial charge < -0.3 is 9.47 Å². The van der Waals surface area contributed by atoms with E-state index in [0.717, 1.165) is 23.1 Å². The number of ether oxygens (including phenoxy) is 2. The highest BCUT2D eigenvalue weighted by molar-refractivity contribution is 7.17. The van der Waals surface area contributed by atoms with E-state index in [2.05, 4.69) is 10.1 Å². The van der Waals surface area contributed by atoms with E-state index in [0.29, 0.717) is 12.1 Å². The molecule has 26 heavy (non-hydrogen) atoms. The number of rotatable bonds is 5. The first kappa shape index (κ1) is 18.1. The Morgan fingerprint density at radius 1 is 1.08 bits per heavy atom. The molecule has 0 aliphatic rings. The molecule has 8 heteroatoms. The maximum absolute atomic E-state index is 12.1. The lowest BCUT2D eigenvalue weighted by Gasteiger charge is -2.10. The number of hydrogen-bond donors (Lipinski definition) is 1. The average molecular weight is 381 g/mol. The van der Waals surface area contributed by atoms with Crippen molar-refractivity contribution in [1.29, 1.82) is 0 Å². The van der Waals surface area contributed by atoms with Gasteiger partial charge in [0.15, 0.2) is 0 Å². The van der Waals surface area contributed by atoms with Gasteiger partial charge in [-0.2, -0.15) is 0 Å². The number of amides is 1. The third-order valence-corrected chi connectivity index (χ3v) is 4.51. The van der Waals surface area contributed by atoms with Crippen LogP contribution in [-0.2, 0) is 11.2 Å². The van der Waals surface area contributed by atoms with E-state index in [9.17, 15) is 18.0 Å². The number of hydrogen-bond acceptors (Lipinski definition) is 4. The van der Waals surface area contributed by atoms with Gasteiger partial charge in [-0.05, 0) is 46.7 Å². The molecule has 0 saturated heterocycles. The number of benzene rings is 2. The third-order valence-electron chi connectivity index (χ3n) is 3.50. The molecule has 3 rings (SSSR count). The quantitative estimate of drug-likeness (QED) is 0.627. The van der Waals surface area contributed by atoms with Crippen molar-refractivity contribution >= 4 is 33.2 Å². The number of thiophene rings is 1. The van der Waals surface area contributed by atoms with Crippen LogP contribution in [0.5, 0.6) is 5.75 Å². The Balaban J connectivity index is 1.48. The Morgan fingerprint density at radius 2 is 1.81 bits per heavy atom. The molecule has 0 bridgehead atoms. The fraction of sp³-hybridized carbons (Fsp3) is 0.167. The summed E-state index contributed by atoms with van der Waals surface area (Å²) in [5, 5.41) is 5.63. The van der Waals surface area contributed by atoms with Crippen molar-refractivity contribution < 1.29 is 27.4 Å². The van der Waals surface area contributed by atoms with Crippen LogP contribution in [0.4, 0.5) is 23.7 Å². The number of fused-ring (bicyclic) bond motifs is 1. The molecule has 0 aliphatic heterocycles. The van der Waals surface area contributed by atoms with E-state index >= 15 is 0 Å². The van der Waals surface area contributed by atoms with Gasteiger partial charge in [-0.3, -0.25) is 5.32 Å². The Morgan fingerprint density at radius 3 is 2.54 bits per heavy atom. The first-order valence-electron chi connectivity index (χ1n) is 7.65. The highest BCUT2D eigenvalue weighted by atomic mass is 32.1. The second-order valence-corrected chi connectivity index (χ2v) is 6.25. The van der Waals surface area contributed by atoms with Gasteiger partial charge in [0.05, 0.1) is 6.61 Å². The number of alkyl halides is 3. The predicted octanol–water partition coefficient (Wildman–Crippen LogP) is 5.59. The fourth-order valence-electron chi connectivity index (χ4n) is 2.37. The van der Waals surface area contributed by atoms with Crippen LogP contribution in [-0.4, -0.2) is 19.1 Å². The van der Waals surface area contributed by atoms with Gasteiger partial charge in [-0.25, -0.2) is 4.79 Å². The summed E-state index contributed by atoms with van der Waals surface area (Å²) in [6.45, 7) is 0.196. The number of carbonyl (C=O) groups is 1. The fourth-order valence-corrected chi connectivity index (χ4v) is 3.37. The molecule has 0 aliphatic carbocycles. The normalized spacial score (nSPS) is 11.3. The zero-order valence-corrected chi connectivity index (χ0v) is 14.2. The number of halogens is 3. The first-order chi connectivity index (χ1) is 12.4. The lowest BCUT2D eigenvalue weighted by molar-refractivity contribution is -0.274. The van der Waals surface area contributed by atoms with Crippen LogP contribution in [0.2, 0.25) is 0 Å². The summed E-state index contributed by atoms with van der Waals surface area (Å²) in [6.07, 6.45) is -4.84. The van der Waals surface area contributed by atoms with Gasteiger partial charge >= 0.3 is 12.5 Å². The van der Waals surface area contributed by atoms with E-state index in [-0.39, 0.29) is 12.4 Å². The van der Waals surface area contributed by atoms with Crippen LogP contribution in [0.1, 0.15) is 5.56 Å². The Kier molecular flexibility index (Phi) is 5.32. The van der Waals surface area contributed by atoms with Crippen molar-refractivity contribution in [2.75, 3.05) is 11.9 Å². The summed E-state index contributed by atoms with van der Waals surface area (Å²) >= 11 is 1.63. The minimum atomic E-state index is -4.75. The Bertz CT molecular complexity index is 891. The summed E-state index contributed by atoms with van der Waals surface area (Å²) in [5.74, 6) is -0.360. The van der Waals surface area contributed by atoms with Crippen molar-refractivity contribution in [3.63, 3.8) is 0 Å². The summed E-state index contributed by atoms with van der Waals surface area (Å²) < 4.78 is 46.3. The number of anilines is 1. The summed E-state index contributed by atoms with van der Waals surface area (Å²) in [4.78, 5) is 11.8. The molecule has 0 spiro atoms. The predicted molar refractivity (Wildman–Crippen MR) is 93.6 cm³/mol. The maximum Gasteiger partial charge on any atom is 0.573 e. The molecule has 0 fully saturated rings. The molecule has 1 heterocycles. The van der Waals surface area contributed by atoms with E-state index in [4.69, 9.17) is 4.74 Å². The van der Waals surface area contributed by atoms with Gasteiger partial charge in [-0.15, -0.1) is 24.5 Å². The second-order valence-electron chi connectivity index (χ2n) is 5.34. The van der Waals surface area contributed by atoms with Gasteiger partial charge in [0.1, 0.15) is 5.75 Å². The molecular weight excluding hydrogens is 367 g/mol. The SMILES string of the molecule is O=C(Nc1ccc(OC(F)(F)F)cc1)OCCc1csc2ccccc12. The minimum Gasteiger partial charge on any atom is -0.449 e. The van der Waals surface area contributed by atoms with Crippen molar-refractivity contribution in [2.45, 2.75) is 12.8 Å². The van der Waals surface area contributed by atoms with Crippen molar-refractivity contribution in [1.82, 2.24) is 0 Å². The molecule has 2 aromatic carbocycles. The van der Waals surface area contributed by atoms with Crippen molar-refractivity contribution in [3.05, 3.63) is 59.5 Å². The van der Waals surface area contributed by atoms with Crippen LogP contribution in [0.25, 0.3) is 10.1 Å². The van der Waals surface area contributed by atoms with Crippen LogP contribution < -0.4 is 10.1 Å². The molecule has 136 valence electrons. The number of nitrogens with one attached hydrogen (secondary N) is 1. The second kappa shape index (κ2) is 7.65. The maximum atomic E-state index is 12.1. The first-order valence-corrected chi connectivity index (χ1v) is 8.53. The van der Waals surface area contributed by atoms with Gasteiger partial charge in [0, 0.05) is 16.8 Å². The van der Waals surface area contributed by atoms with Crippen LogP contribution in [0.15, 0.2) is 53.9 Å². The molecule has 0 atom stereocenters. The molecule has 1 N–H and O–H groups in total. The largest absolute Gasteiger partial charge is 0.573 e. The Hall–Kier alpha value is -2.74. The summed E-state index contributed by atoms with van der Waals surface area (Å²) in [6, 6.07) is 12.8. The van der Waals surface area contributed by atoms with Crippen LogP contribution in [0, 0.1) is 0 Å². The Labute approximate surface area is 151 Å². The molecular formula is C18H14F3NO3S. The molecule has 4 nitrogen and oxygen atoms in total. The van der Waals surface area contributed by atoms with Crippen LogP contribution >= 0.6 is 11.3 Å². The monoisotopic (exact) mass is 381 g/mol. The van der Waals surface area contributed by atoms with Gasteiger partial charge in [-0.1, -0.05) is 18.2 Å². The third kappa shape index (κ3) is 4.89. The smallest absolute Gasteiger partial charge is 0.449 e. The van der Waals surface area contributed by atoms with E-state index in [1.165, 1.54) is 16.8 Å². The van der Waals surface area contributed by atoms with Crippen molar-refractivity contribution in [2.24, 2.45) is 0 Å². The lowest BCUT2D eigenvalue weighted by atomic mass is 10.1. The van der Waals surface area contributed by atoms with E-state index in [1.807, 2.05) is 29.6 Å². The zero-order valence-electron chi connectivity index (χ0n) is 13.4.